The van der Waals surface area contributed by atoms with Crippen LogP contribution in [0.15, 0.2) is 12.1 Å². The smallest absolute Gasteiger partial charge is 0.159 e. The molecule has 104 valence electrons. The van der Waals surface area contributed by atoms with Crippen molar-refractivity contribution in [3.63, 3.8) is 0 Å². The zero-order chi connectivity index (χ0) is 13.6. The van der Waals surface area contributed by atoms with Crippen molar-refractivity contribution in [1.29, 1.82) is 0 Å². The van der Waals surface area contributed by atoms with Gasteiger partial charge in [0.2, 0.25) is 0 Å². The molecule has 0 radical (unpaired) electrons. The number of ether oxygens (including phenoxy) is 1. The van der Waals surface area contributed by atoms with E-state index < -0.39 is 11.6 Å². The highest BCUT2D eigenvalue weighted by Crippen LogP contribution is 2.36. The number of halogens is 3. The Morgan fingerprint density at radius 2 is 1.74 bits per heavy atom. The molecule has 1 aromatic rings. The predicted molar refractivity (Wildman–Crippen MR) is 73.5 cm³/mol. The third-order valence-corrected chi connectivity index (χ3v) is 5.66. The molecule has 1 aliphatic carbocycles. The van der Waals surface area contributed by atoms with Gasteiger partial charge >= 0.3 is 0 Å². The summed E-state index contributed by atoms with van der Waals surface area (Å²) < 4.78 is 32.4. The summed E-state index contributed by atoms with van der Waals surface area (Å²) in [5, 5.41) is 0. The van der Waals surface area contributed by atoms with Crippen molar-refractivity contribution in [3.05, 3.63) is 34.9 Å². The Kier molecular flexibility index (Phi) is 3.65. The molecule has 2 aliphatic rings. The molecule has 0 saturated carbocycles. The first kappa shape index (κ1) is 13.5. The fourth-order valence-electron chi connectivity index (χ4n) is 3.14. The molecule has 0 aromatic heterocycles. The van der Waals surface area contributed by atoms with Gasteiger partial charge in [-0.3, -0.25) is 0 Å². The van der Waals surface area contributed by atoms with E-state index in [1.165, 1.54) is 12.1 Å². The van der Waals surface area contributed by atoms with Gasteiger partial charge < -0.3 is 4.74 Å². The quantitative estimate of drug-likeness (QED) is 0.710. The molecule has 0 amide bonds. The molecule has 1 aliphatic heterocycles. The largest absolute Gasteiger partial charge is 0.378 e. The molecule has 1 heterocycles. The van der Waals surface area contributed by atoms with Gasteiger partial charge in [0.25, 0.3) is 0 Å². The molecule has 3 rings (SSSR count). The van der Waals surface area contributed by atoms with Crippen LogP contribution >= 0.6 is 15.9 Å². The normalized spacial score (nSPS) is 31.5. The average molecular weight is 331 g/mol. The zero-order valence-corrected chi connectivity index (χ0v) is 12.4. The summed E-state index contributed by atoms with van der Waals surface area (Å²) in [6, 6.07) is 2.70. The van der Waals surface area contributed by atoms with Gasteiger partial charge in [-0.2, -0.15) is 0 Å². The Morgan fingerprint density at radius 3 is 2.26 bits per heavy atom. The fourth-order valence-corrected chi connectivity index (χ4v) is 3.66. The molecule has 0 spiro atoms. The molecule has 4 heteroatoms. The number of hydrogen-bond acceptors (Lipinski definition) is 1. The lowest BCUT2D eigenvalue weighted by atomic mass is 9.90. The molecule has 3 unspecified atom stereocenters. The molecule has 1 saturated heterocycles. The number of benzene rings is 1. The van der Waals surface area contributed by atoms with Gasteiger partial charge in [-0.1, -0.05) is 22.9 Å². The first-order chi connectivity index (χ1) is 9.04. The summed E-state index contributed by atoms with van der Waals surface area (Å²) in [7, 11) is 0. The Morgan fingerprint density at radius 1 is 1.16 bits per heavy atom. The third kappa shape index (κ3) is 2.57. The average Bonchev–Trinajstić information content (AvgIpc) is 2.76. The van der Waals surface area contributed by atoms with Crippen LogP contribution in [0.3, 0.4) is 0 Å². The maximum Gasteiger partial charge on any atom is 0.159 e. The monoisotopic (exact) mass is 330 g/mol. The minimum Gasteiger partial charge on any atom is -0.378 e. The van der Waals surface area contributed by atoms with E-state index in [-0.39, 0.29) is 6.10 Å². The molecule has 0 N–H and O–H groups in total. The Labute approximate surface area is 120 Å². The molecule has 19 heavy (non-hydrogen) atoms. The van der Waals surface area contributed by atoms with Crippen molar-refractivity contribution in [1.82, 2.24) is 0 Å². The van der Waals surface area contributed by atoms with E-state index in [0.717, 1.165) is 37.0 Å². The first-order valence-corrected chi connectivity index (χ1v) is 7.68. The maximum absolute atomic E-state index is 13.2. The van der Waals surface area contributed by atoms with Crippen molar-refractivity contribution in [3.8, 4) is 0 Å². The summed E-state index contributed by atoms with van der Waals surface area (Å²) in [4.78, 5) is 0.475. The summed E-state index contributed by atoms with van der Waals surface area (Å²) in [6.45, 7) is 2.93. The van der Waals surface area contributed by atoms with E-state index in [1.54, 1.807) is 0 Å². The highest BCUT2D eigenvalue weighted by molar-refractivity contribution is 9.09. The van der Waals surface area contributed by atoms with Gasteiger partial charge in [-0.15, -0.1) is 0 Å². The highest BCUT2D eigenvalue weighted by Gasteiger charge is 2.35. The van der Waals surface area contributed by atoms with Crippen LogP contribution in [-0.2, 0) is 17.6 Å². The summed E-state index contributed by atoms with van der Waals surface area (Å²) in [6.07, 6.45) is 2.76. The summed E-state index contributed by atoms with van der Waals surface area (Å²) in [5.74, 6) is -0.606. The predicted octanol–water partition coefficient (Wildman–Crippen LogP) is 3.87. The SMILES string of the molecule is CC1COC(C2Cc3cc(F)c(F)cc3C2)CC1Br. The lowest BCUT2D eigenvalue weighted by Gasteiger charge is -2.34. The minimum absolute atomic E-state index is 0.194. The van der Waals surface area contributed by atoms with E-state index >= 15 is 0 Å². The molecule has 1 nitrogen and oxygen atoms in total. The van der Waals surface area contributed by atoms with Gasteiger partial charge in [0.15, 0.2) is 11.6 Å². The number of rotatable bonds is 1. The van der Waals surface area contributed by atoms with Crippen LogP contribution in [0, 0.1) is 23.5 Å². The van der Waals surface area contributed by atoms with Crippen LogP contribution in [0.4, 0.5) is 8.78 Å². The van der Waals surface area contributed by atoms with E-state index in [4.69, 9.17) is 4.74 Å². The highest BCUT2D eigenvalue weighted by atomic mass is 79.9. The van der Waals surface area contributed by atoms with E-state index in [9.17, 15) is 8.78 Å². The van der Waals surface area contributed by atoms with Gasteiger partial charge in [0.05, 0.1) is 12.7 Å². The standard InChI is InChI=1S/C15H17BrF2O/c1-8-7-19-15(6-12(8)16)11-2-9-4-13(17)14(18)5-10(9)3-11/h4-5,8,11-12,15H,2-3,6-7H2,1H3. The van der Waals surface area contributed by atoms with Crippen molar-refractivity contribution >= 4 is 15.9 Å². The molecule has 3 atom stereocenters. The van der Waals surface area contributed by atoms with Crippen LogP contribution in [0.5, 0.6) is 0 Å². The summed E-state index contributed by atoms with van der Waals surface area (Å²) >= 11 is 3.70. The van der Waals surface area contributed by atoms with E-state index in [1.807, 2.05) is 0 Å². The lowest BCUT2D eigenvalue weighted by molar-refractivity contribution is -0.0368. The van der Waals surface area contributed by atoms with Crippen LogP contribution in [-0.4, -0.2) is 17.5 Å². The summed E-state index contributed by atoms with van der Waals surface area (Å²) in [5.41, 5.74) is 1.88. The van der Waals surface area contributed by atoms with Crippen molar-refractivity contribution in [2.75, 3.05) is 6.61 Å². The molecule has 1 aromatic carbocycles. The maximum atomic E-state index is 13.2. The second-order valence-electron chi connectivity index (χ2n) is 5.80. The minimum atomic E-state index is -0.740. The van der Waals surface area contributed by atoms with Crippen molar-refractivity contribution in [2.45, 2.75) is 37.1 Å². The van der Waals surface area contributed by atoms with Crippen molar-refractivity contribution < 1.29 is 13.5 Å². The molecule has 0 bridgehead atoms. The van der Waals surface area contributed by atoms with Gasteiger partial charge in [-0.05, 0) is 54.4 Å². The van der Waals surface area contributed by atoms with E-state index in [0.29, 0.717) is 16.7 Å². The second kappa shape index (κ2) is 5.13. The van der Waals surface area contributed by atoms with Crippen molar-refractivity contribution in [2.24, 2.45) is 11.8 Å². The Bertz CT molecular complexity index is 460. The van der Waals surface area contributed by atoms with Gasteiger partial charge in [-0.25, -0.2) is 8.78 Å². The lowest BCUT2D eigenvalue weighted by Crippen LogP contribution is -2.37. The van der Waals surface area contributed by atoms with Crippen LogP contribution in [0.25, 0.3) is 0 Å². The fraction of sp³-hybridized carbons (Fsp3) is 0.600. The molecular formula is C15H17BrF2O. The zero-order valence-electron chi connectivity index (χ0n) is 10.8. The van der Waals surface area contributed by atoms with Crippen LogP contribution in [0.1, 0.15) is 24.5 Å². The van der Waals surface area contributed by atoms with Crippen LogP contribution < -0.4 is 0 Å². The van der Waals surface area contributed by atoms with Gasteiger partial charge in [0, 0.05) is 4.83 Å². The molecule has 1 fully saturated rings. The topological polar surface area (TPSA) is 9.23 Å². The number of alkyl halides is 1. The Balaban J connectivity index is 1.73. The molecular weight excluding hydrogens is 314 g/mol. The van der Waals surface area contributed by atoms with Gasteiger partial charge in [0.1, 0.15) is 0 Å². The Hall–Kier alpha value is -0.480. The van der Waals surface area contributed by atoms with Crippen LogP contribution in [0.2, 0.25) is 0 Å². The second-order valence-corrected chi connectivity index (χ2v) is 6.98. The third-order valence-electron chi connectivity index (χ3n) is 4.38. The number of hydrogen-bond donors (Lipinski definition) is 0. The number of fused-ring (bicyclic) bond motifs is 1. The first-order valence-electron chi connectivity index (χ1n) is 6.77. The van der Waals surface area contributed by atoms with E-state index in [2.05, 4.69) is 22.9 Å².